The standard InChI is InChI=1S/C30H42O6/c1-9-35-22(31)17-30(25(34)36-10-2,15-18-20-11-13-28(7,23(18)32)26(20,3)4)16-19-21-12-14-29(8,24(19)33)27(21,5)6/h15-16,20-21H,9-14,17H2,1-8H3. The van der Waals surface area contributed by atoms with Gasteiger partial charge in [-0.15, -0.1) is 0 Å². The van der Waals surface area contributed by atoms with E-state index in [0.717, 1.165) is 25.7 Å². The molecule has 0 N–H and O–H groups in total. The minimum absolute atomic E-state index is 0.0194. The van der Waals surface area contributed by atoms with E-state index in [4.69, 9.17) is 9.47 Å². The number of ether oxygens (including phenoxy) is 2. The molecule has 4 unspecified atom stereocenters. The van der Waals surface area contributed by atoms with Gasteiger partial charge in [-0.25, -0.2) is 0 Å². The van der Waals surface area contributed by atoms with Crippen molar-refractivity contribution in [3.8, 4) is 0 Å². The fourth-order valence-corrected chi connectivity index (χ4v) is 7.79. The minimum atomic E-state index is -1.58. The van der Waals surface area contributed by atoms with Crippen molar-refractivity contribution >= 4 is 23.5 Å². The minimum Gasteiger partial charge on any atom is -0.466 e. The number of carbonyl (C=O) groups excluding carboxylic acids is 4. The Morgan fingerprint density at radius 3 is 1.56 bits per heavy atom. The van der Waals surface area contributed by atoms with Gasteiger partial charge in [-0.1, -0.05) is 53.7 Å². The summed E-state index contributed by atoms with van der Waals surface area (Å²) in [5, 5.41) is 0. The first kappa shape index (κ1) is 26.8. The normalized spacial score (nSPS) is 37.6. The molecule has 0 heterocycles. The third kappa shape index (κ3) is 3.35. The summed E-state index contributed by atoms with van der Waals surface area (Å²) in [5.74, 6) is -1.14. The second kappa shape index (κ2) is 8.39. The van der Waals surface area contributed by atoms with Crippen LogP contribution in [0.15, 0.2) is 23.3 Å². The molecule has 0 saturated heterocycles. The van der Waals surface area contributed by atoms with E-state index in [0.29, 0.717) is 11.1 Å². The number of hydrogen-bond donors (Lipinski definition) is 0. The molecule has 4 bridgehead atoms. The van der Waals surface area contributed by atoms with Gasteiger partial charge in [0, 0.05) is 10.8 Å². The van der Waals surface area contributed by atoms with Gasteiger partial charge in [0.25, 0.3) is 0 Å². The van der Waals surface area contributed by atoms with Crippen molar-refractivity contribution in [2.24, 2.45) is 38.9 Å². The quantitative estimate of drug-likeness (QED) is 0.345. The van der Waals surface area contributed by atoms with Crippen LogP contribution < -0.4 is 0 Å². The Labute approximate surface area is 215 Å². The molecule has 0 aromatic rings. The van der Waals surface area contributed by atoms with Gasteiger partial charge in [0.1, 0.15) is 5.41 Å². The van der Waals surface area contributed by atoms with Crippen LogP contribution in [-0.2, 0) is 28.7 Å². The van der Waals surface area contributed by atoms with Crippen molar-refractivity contribution in [3.63, 3.8) is 0 Å². The second-order valence-corrected chi connectivity index (χ2v) is 12.9. The van der Waals surface area contributed by atoms with Crippen LogP contribution >= 0.6 is 0 Å². The first-order valence-corrected chi connectivity index (χ1v) is 13.5. The SMILES string of the molecule is CCOC(=O)CC(C=C1C(=O)C2(C)CCC1C2(C)C)(C=C1C(=O)C2(C)CCC1C2(C)C)C(=O)OCC. The highest BCUT2D eigenvalue weighted by molar-refractivity contribution is 6.07. The lowest BCUT2D eigenvalue weighted by Crippen LogP contribution is -2.36. The largest absolute Gasteiger partial charge is 0.466 e. The lowest BCUT2D eigenvalue weighted by atomic mass is 9.70. The van der Waals surface area contributed by atoms with Crippen LogP contribution in [0.5, 0.6) is 0 Å². The zero-order chi connectivity index (χ0) is 26.9. The molecule has 4 atom stereocenters. The Morgan fingerprint density at radius 2 is 1.22 bits per heavy atom. The van der Waals surface area contributed by atoms with Crippen molar-refractivity contribution in [3.05, 3.63) is 23.3 Å². The monoisotopic (exact) mass is 498 g/mol. The van der Waals surface area contributed by atoms with Gasteiger partial charge in [0.15, 0.2) is 11.6 Å². The molecule has 36 heavy (non-hydrogen) atoms. The van der Waals surface area contributed by atoms with E-state index in [-0.39, 0.29) is 53.9 Å². The molecule has 4 fully saturated rings. The van der Waals surface area contributed by atoms with E-state index in [1.54, 1.807) is 26.0 Å². The molecule has 0 aromatic heterocycles. The summed E-state index contributed by atoms with van der Waals surface area (Å²) >= 11 is 0. The van der Waals surface area contributed by atoms with Crippen molar-refractivity contribution in [1.29, 1.82) is 0 Å². The van der Waals surface area contributed by atoms with Crippen LogP contribution in [0.4, 0.5) is 0 Å². The zero-order valence-electron chi connectivity index (χ0n) is 23.2. The molecule has 0 amide bonds. The lowest BCUT2D eigenvalue weighted by molar-refractivity contribution is -0.156. The summed E-state index contributed by atoms with van der Waals surface area (Å²) in [6, 6.07) is 0. The molecule has 4 saturated carbocycles. The number of carbonyl (C=O) groups is 4. The Hall–Kier alpha value is -2.24. The van der Waals surface area contributed by atoms with Crippen LogP contribution in [0.2, 0.25) is 0 Å². The maximum absolute atomic E-state index is 13.7. The molecule has 6 nitrogen and oxygen atoms in total. The number of fused-ring (bicyclic) bond motifs is 4. The topological polar surface area (TPSA) is 86.7 Å². The first-order chi connectivity index (χ1) is 16.6. The number of esters is 2. The fraction of sp³-hybridized carbons (Fsp3) is 0.733. The molecule has 4 aliphatic carbocycles. The number of ketones is 2. The molecule has 0 radical (unpaired) electrons. The molecule has 4 aliphatic rings. The Bertz CT molecular complexity index is 1010. The third-order valence-electron chi connectivity index (χ3n) is 11.0. The molecule has 0 aliphatic heterocycles. The summed E-state index contributed by atoms with van der Waals surface area (Å²) in [4.78, 5) is 54.1. The van der Waals surface area contributed by atoms with Gasteiger partial charge >= 0.3 is 11.9 Å². The highest BCUT2D eigenvalue weighted by Gasteiger charge is 2.66. The van der Waals surface area contributed by atoms with Crippen molar-refractivity contribution in [1.82, 2.24) is 0 Å². The van der Waals surface area contributed by atoms with Crippen LogP contribution in [0.1, 0.15) is 87.5 Å². The van der Waals surface area contributed by atoms with E-state index in [1.165, 1.54) is 0 Å². The summed E-state index contributed by atoms with van der Waals surface area (Å²) in [7, 11) is 0. The highest BCUT2D eigenvalue weighted by Crippen LogP contribution is 2.67. The summed E-state index contributed by atoms with van der Waals surface area (Å²) in [6.45, 7) is 16.2. The lowest BCUT2D eigenvalue weighted by Gasteiger charge is -2.31. The van der Waals surface area contributed by atoms with Gasteiger partial charge < -0.3 is 9.47 Å². The van der Waals surface area contributed by atoms with Crippen LogP contribution in [0.3, 0.4) is 0 Å². The Morgan fingerprint density at radius 1 is 0.806 bits per heavy atom. The number of allylic oxidation sites excluding steroid dienone is 2. The first-order valence-electron chi connectivity index (χ1n) is 13.5. The molecule has 0 spiro atoms. The smallest absolute Gasteiger partial charge is 0.320 e. The molecule has 6 heteroatoms. The maximum Gasteiger partial charge on any atom is 0.320 e. The van der Waals surface area contributed by atoms with Gasteiger partial charge in [-0.05, 0) is 73.3 Å². The number of Topliss-reactive ketones (excluding diaryl/α,β-unsaturated/α-hetero) is 2. The van der Waals surface area contributed by atoms with Crippen LogP contribution in [0, 0.1) is 38.9 Å². The predicted molar refractivity (Wildman–Crippen MR) is 136 cm³/mol. The summed E-state index contributed by atoms with van der Waals surface area (Å²) in [6.07, 6.45) is 6.37. The van der Waals surface area contributed by atoms with Gasteiger partial charge in [0.2, 0.25) is 0 Å². The summed E-state index contributed by atoms with van der Waals surface area (Å²) in [5.41, 5.74) is -1.95. The zero-order valence-corrected chi connectivity index (χ0v) is 23.2. The van der Waals surface area contributed by atoms with Crippen molar-refractivity contribution in [2.45, 2.75) is 87.5 Å². The maximum atomic E-state index is 13.7. The number of rotatable bonds is 7. The van der Waals surface area contributed by atoms with E-state index in [2.05, 4.69) is 27.7 Å². The van der Waals surface area contributed by atoms with E-state index in [1.807, 2.05) is 13.8 Å². The van der Waals surface area contributed by atoms with Gasteiger partial charge in [0.05, 0.1) is 19.6 Å². The highest BCUT2D eigenvalue weighted by atomic mass is 16.5. The Balaban J connectivity index is 1.93. The molecular weight excluding hydrogens is 456 g/mol. The van der Waals surface area contributed by atoms with Crippen LogP contribution in [-0.4, -0.2) is 36.7 Å². The fourth-order valence-electron chi connectivity index (χ4n) is 7.79. The summed E-state index contributed by atoms with van der Waals surface area (Å²) < 4.78 is 10.8. The second-order valence-electron chi connectivity index (χ2n) is 12.9. The van der Waals surface area contributed by atoms with Gasteiger partial charge in [-0.2, -0.15) is 0 Å². The Kier molecular flexibility index (Phi) is 6.25. The average molecular weight is 499 g/mol. The molecule has 4 rings (SSSR count). The molecular formula is C30H42O6. The average Bonchev–Trinajstić information content (AvgIpc) is 3.27. The van der Waals surface area contributed by atoms with Gasteiger partial charge in [-0.3, -0.25) is 19.2 Å². The molecule has 0 aromatic carbocycles. The van der Waals surface area contributed by atoms with Crippen molar-refractivity contribution < 1.29 is 28.7 Å². The van der Waals surface area contributed by atoms with Crippen LogP contribution in [0.25, 0.3) is 0 Å². The number of hydrogen-bond acceptors (Lipinski definition) is 6. The predicted octanol–water partition coefficient (Wildman–Crippen LogP) is 5.39. The van der Waals surface area contributed by atoms with E-state index < -0.39 is 28.2 Å². The van der Waals surface area contributed by atoms with E-state index >= 15 is 0 Å². The van der Waals surface area contributed by atoms with Crippen molar-refractivity contribution in [2.75, 3.05) is 13.2 Å². The van der Waals surface area contributed by atoms with E-state index in [9.17, 15) is 19.2 Å². The molecule has 198 valence electrons. The third-order valence-corrected chi connectivity index (χ3v) is 11.0.